The van der Waals surface area contributed by atoms with Crippen molar-refractivity contribution in [1.82, 2.24) is 0 Å². The van der Waals surface area contributed by atoms with Crippen molar-refractivity contribution in [1.29, 1.82) is 0 Å². The summed E-state index contributed by atoms with van der Waals surface area (Å²) in [6, 6.07) is 0. The Labute approximate surface area is 156 Å². The number of hydrogen-bond donors (Lipinski definition) is 0. The first-order chi connectivity index (χ1) is 12.3. The van der Waals surface area contributed by atoms with E-state index in [4.69, 9.17) is 0 Å². The maximum absolute atomic E-state index is 3.90. The first-order valence-electron chi connectivity index (χ1n) is 10.9. The number of rotatable bonds is 5. The van der Waals surface area contributed by atoms with Crippen molar-refractivity contribution in [3.8, 4) is 0 Å². The van der Waals surface area contributed by atoms with Crippen LogP contribution in [0, 0.1) is 23.7 Å². The predicted octanol–water partition coefficient (Wildman–Crippen LogP) is 7.79. The zero-order valence-electron chi connectivity index (χ0n) is 16.4. The lowest BCUT2D eigenvalue weighted by Crippen LogP contribution is -2.22. The third-order valence-corrected chi connectivity index (χ3v) is 7.13. The van der Waals surface area contributed by atoms with Crippen LogP contribution in [0.2, 0.25) is 0 Å². The van der Waals surface area contributed by atoms with Crippen molar-refractivity contribution in [2.45, 2.75) is 84.0 Å². The van der Waals surface area contributed by atoms with Gasteiger partial charge in [0.25, 0.3) is 0 Å². The van der Waals surface area contributed by atoms with Crippen LogP contribution in [0.4, 0.5) is 0 Å². The molecule has 2 unspecified atom stereocenters. The highest BCUT2D eigenvalue weighted by Crippen LogP contribution is 2.42. The molecule has 0 N–H and O–H groups in total. The average molecular weight is 339 g/mol. The zero-order valence-corrected chi connectivity index (χ0v) is 16.4. The summed E-state index contributed by atoms with van der Waals surface area (Å²) in [5.74, 6) is 3.84. The smallest absolute Gasteiger partial charge is 0.0135 e. The maximum Gasteiger partial charge on any atom is -0.0135 e. The van der Waals surface area contributed by atoms with Crippen LogP contribution in [0.3, 0.4) is 0 Å². The van der Waals surface area contributed by atoms with E-state index in [1.165, 1.54) is 76.2 Å². The van der Waals surface area contributed by atoms with E-state index in [1.807, 2.05) is 0 Å². The van der Waals surface area contributed by atoms with Gasteiger partial charge in [0.2, 0.25) is 0 Å². The Kier molecular flexibility index (Phi) is 7.20. The van der Waals surface area contributed by atoms with Gasteiger partial charge in [0, 0.05) is 0 Å². The lowest BCUT2D eigenvalue weighted by molar-refractivity contribution is 0.201. The predicted molar refractivity (Wildman–Crippen MR) is 111 cm³/mol. The monoisotopic (exact) mass is 338 g/mol. The third-order valence-electron chi connectivity index (χ3n) is 7.13. The summed E-state index contributed by atoms with van der Waals surface area (Å²) in [7, 11) is 0. The fourth-order valence-corrected chi connectivity index (χ4v) is 5.46. The van der Waals surface area contributed by atoms with E-state index in [0.717, 1.165) is 30.1 Å². The summed E-state index contributed by atoms with van der Waals surface area (Å²) < 4.78 is 0. The van der Waals surface area contributed by atoms with Gasteiger partial charge in [0.05, 0.1) is 0 Å². The molecule has 138 valence electrons. The molecule has 2 saturated carbocycles. The molecular weight excluding hydrogens is 300 g/mol. The molecular formula is C25H38. The molecule has 0 bridgehead atoms. The van der Waals surface area contributed by atoms with Crippen molar-refractivity contribution in [2.24, 2.45) is 23.7 Å². The van der Waals surface area contributed by atoms with Crippen molar-refractivity contribution in [2.75, 3.05) is 0 Å². The normalized spacial score (nSPS) is 33.8. The van der Waals surface area contributed by atoms with Crippen molar-refractivity contribution >= 4 is 0 Å². The van der Waals surface area contributed by atoms with Crippen LogP contribution < -0.4 is 0 Å². The summed E-state index contributed by atoms with van der Waals surface area (Å²) in [6.07, 6.45) is 28.6. The molecule has 3 aliphatic rings. The molecule has 3 aliphatic carbocycles. The van der Waals surface area contributed by atoms with Crippen molar-refractivity contribution in [3.63, 3.8) is 0 Å². The fraction of sp³-hybridized carbons (Fsp3) is 0.680. The highest BCUT2D eigenvalue weighted by atomic mass is 14.4. The first kappa shape index (κ1) is 18.7. The maximum atomic E-state index is 3.90. The minimum absolute atomic E-state index is 0.820. The van der Waals surface area contributed by atoms with E-state index in [0.29, 0.717) is 0 Å². The van der Waals surface area contributed by atoms with E-state index in [1.54, 1.807) is 5.57 Å². The molecule has 0 nitrogen and oxygen atoms in total. The molecule has 0 aliphatic heterocycles. The molecule has 25 heavy (non-hydrogen) atoms. The van der Waals surface area contributed by atoms with Gasteiger partial charge in [-0.25, -0.2) is 0 Å². The molecule has 2 fully saturated rings. The number of hydrogen-bond acceptors (Lipinski definition) is 0. The lowest BCUT2D eigenvalue weighted by Gasteiger charge is -2.34. The Bertz CT molecular complexity index is 510. The SMILES string of the molecule is C=CCCC1CCCC(C2CCC(C3=CC=C(C)CC=C3)CC2)CC1. The van der Waals surface area contributed by atoms with Gasteiger partial charge in [0.1, 0.15) is 0 Å². The van der Waals surface area contributed by atoms with Gasteiger partial charge in [-0.15, -0.1) is 6.58 Å². The second kappa shape index (κ2) is 9.60. The molecule has 3 rings (SSSR count). The van der Waals surface area contributed by atoms with Gasteiger partial charge < -0.3 is 0 Å². The second-order valence-corrected chi connectivity index (χ2v) is 8.90. The van der Waals surface area contributed by atoms with Gasteiger partial charge in [-0.2, -0.15) is 0 Å². The Morgan fingerprint density at radius 1 is 0.960 bits per heavy atom. The Balaban J connectivity index is 1.48. The Hall–Kier alpha value is -1.04. The summed E-state index contributed by atoms with van der Waals surface area (Å²) in [4.78, 5) is 0. The zero-order chi connectivity index (χ0) is 17.5. The summed E-state index contributed by atoms with van der Waals surface area (Å²) >= 11 is 0. The van der Waals surface area contributed by atoms with E-state index in [9.17, 15) is 0 Å². The van der Waals surface area contributed by atoms with Crippen molar-refractivity contribution in [3.05, 3.63) is 48.1 Å². The summed E-state index contributed by atoms with van der Waals surface area (Å²) in [5, 5.41) is 0. The number of allylic oxidation sites excluding steroid dienone is 7. The van der Waals surface area contributed by atoms with Gasteiger partial charge in [-0.1, -0.05) is 61.6 Å². The van der Waals surface area contributed by atoms with Gasteiger partial charge in [0.15, 0.2) is 0 Å². The van der Waals surface area contributed by atoms with Crippen molar-refractivity contribution < 1.29 is 0 Å². The van der Waals surface area contributed by atoms with Crippen LogP contribution in [0.15, 0.2) is 48.1 Å². The quantitative estimate of drug-likeness (QED) is 0.354. The van der Waals surface area contributed by atoms with Crippen LogP contribution in [0.5, 0.6) is 0 Å². The molecule has 0 aromatic heterocycles. The van der Waals surface area contributed by atoms with E-state index >= 15 is 0 Å². The molecule has 2 atom stereocenters. The molecule has 0 aromatic rings. The summed E-state index contributed by atoms with van der Waals surface area (Å²) in [5.41, 5.74) is 3.09. The minimum Gasteiger partial charge on any atom is -0.103 e. The van der Waals surface area contributed by atoms with Crippen LogP contribution in [-0.4, -0.2) is 0 Å². The highest BCUT2D eigenvalue weighted by Gasteiger charge is 2.30. The van der Waals surface area contributed by atoms with Crippen LogP contribution >= 0.6 is 0 Å². The molecule has 0 aromatic carbocycles. The highest BCUT2D eigenvalue weighted by molar-refractivity contribution is 5.32. The van der Waals surface area contributed by atoms with E-state index in [2.05, 4.69) is 43.9 Å². The van der Waals surface area contributed by atoms with Gasteiger partial charge in [-0.05, 0) is 87.5 Å². The van der Waals surface area contributed by atoms with Crippen LogP contribution in [0.1, 0.15) is 84.0 Å². The molecule has 0 saturated heterocycles. The molecule has 0 heteroatoms. The minimum atomic E-state index is 0.820. The Morgan fingerprint density at radius 3 is 2.52 bits per heavy atom. The lowest BCUT2D eigenvalue weighted by atomic mass is 9.71. The molecule has 0 heterocycles. The molecule has 0 spiro atoms. The second-order valence-electron chi connectivity index (χ2n) is 8.90. The van der Waals surface area contributed by atoms with E-state index in [-0.39, 0.29) is 0 Å². The molecule has 0 amide bonds. The first-order valence-corrected chi connectivity index (χ1v) is 10.9. The topological polar surface area (TPSA) is 0 Å². The largest absolute Gasteiger partial charge is 0.103 e. The van der Waals surface area contributed by atoms with E-state index < -0.39 is 0 Å². The average Bonchev–Trinajstić information content (AvgIpc) is 3.00. The van der Waals surface area contributed by atoms with Gasteiger partial charge >= 0.3 is 0 Å². The fourth-order valence-electron chi connectivity index (χ4n) is 5.46. The summed E-state index contributed by atoms with van der Waals surface area (Å²) in [6.45, 7) is 6.14. The van der Waals surface area contributed by atoms with Gasteiger partial charge in [-0.3, -0.25) is 0 Å². The van der Waals surface area contributed by atoms with Crippen LogP contribution in [-0.2, 0) is 0 Å². The molecule has 0 radical (unpaired) electrons. The van der Waals surface area contributed by atoms with Crippen LogP contribution in [0.25, 0.3) is 0 Å². The Morgan fingerprint density at radius 2 is 1.72 bits per heavy atom. The third kappa shape index (κ3) is 5.47. The standard InChI is InChI=1S/C25H38/c1-3-4-8-21-9-6-11-23(15-13-21)25-18-16-24(17-19-25)22-10-5-7-20(2)12-14-22/h3,5,10,12,14,21,23-25H,1,4,6-9,11,13,15-19H2,2H3.